The van der Waals surface area contributed by atoms with E-state index >= 15 is 0 Å². The standard InChI is InChI=1S/C14H18F3NOS/c1-10-8-12(6-7-19-10)18-9-11-2-4-13(5-3-11)20-14(15,16)17/h2-5,10,12,18H,6-9H2,1H3. The van der Waals surface area contributed by atoms with Crippen molar-refractivity contribution in [1.82, 2.24) is 5.32 Å². The van der Waals surface area contributed by atoms with Gasteiger partial charge in [-0.15, -0.1) is 0 Å². The van der Waals surface area contributed by atoms with Gasteiger partial charge in [-0.2, -0.15) is 13.2 Å². The van der Waals surface area contributed by atoms with Gasteiger partial charge in [-0.3, -0.25) is 0 Å². The fourth-order valence-corrected chi connectivity index (χ4v) is 2.79. The first-order chi connectivity index (χ1) is 9.42. The number of halogens is 3. The Morgan fingerprint density at radius 3 is 2.60 bits per heavy atom. The predicted molar refractivity (Wildman–Crippen MR) is 73.6 cm³/mol. The summed E-state index contributed by atoms with van der Waals surface area (Å²) in [6.45, 7) is 3.49. The number of rotatable bonds is 4. The van der Waals surface area contributed by atoms with Gasteiger partial charge in [0.25, 0.3) is 0 Å². The van der Waals surface area contributed by atoms with Gasteiger partial charge in [-0.25, -0.2) is 0 Å². The summed E-state index contributed by atoms with van der Waals surface area (Å²) in [5, 5.41) is 3.43. The molecular weight excluding hydrogens is 287 g/mol. The average molecular weight is 305 g/mol. The Balaban J connectivity index is 1.81. The van der Waals surface area contributed by atoms with E-state index in [0.717, 1.165) is 25.0 Å². The zero-order valence-corrected chi connectivity index (χ0v) is 12.1. The number of hydrogen-bond acceptors (Lipinski definition) is 3. The van der Waals surface area contributed by atoms with Crippen LogP contribution in [0.1, 0.15) is 25.3 Å². The van der Waals surface area contributed by atoms with E-state index in [9.17, 15) is 13.2 Å². The van der Waals surface area contributed by atoms with Crippen molar-refractivity contribution in [2.24, 2.45) is 0 Å². The molecule has 0 radical (unpaired) electrons. The molecule has 0 spiro atoms. The lowest BCUT2D eigenvalue weighted by Crippen LogP contribution is -2.37. The van der Waals surface area contributed by atoms with Crippen molar-refractivity contribution in [3.05, 3.63) is 29.8 Å². The van der Waals surface area contributed by atoms with Gasteiger partial charge in [-0.1, -0.05) is 12.1 Å². The molecular formula is C14H18F3NOS. The first-order valence-electron chi connectivity index (χ1n) is 6.62. The highest BCUT2D eigenvalue weighted by molar-refractivity contribution is 8.00. The van der Waals surface area contributed by atoms with E-state index in [4.69, 9.17) is 4.74 Å². The highest BCUT2D eigenvalue weighted by Gasteiger charge is 2.29. The van der Waals surface area contributed by atoms with E-state index in [-0.39, 0.29) is 22.8 Å². The number of ether oxygens (including phenoxy) is 1. The third-order valence-corrected chi connectivity index (χ3v) is 3.98. The van der Waals surface area contributed by atoms with Crippen molar-refractivity contribution in [2.45, 2.75) is 48.9 Å². The van der Waals surface area contributed by atoms with Crippen LogP contribution in [0.15, 0.2) is 29.2 Å². The van der Waals surface area contributed by atoms with E-state index in [0.29, 0.717) is 12.6 Å². The van der Waals surface area contributed by atoms with E-state index < -0.39 is 5.51 Å². The van der Waals surface area contributed by atoms with Crippen molar-refractivity contribution >= 4 is 11.8 Å². The molecule has 20 heavy (non-hydrogen) atoms. The molecule has 1 saturated heterocycles. The SMILES string of the molecule is CC1CC(NCc2ccc(SC(F)(F)F)cc2)CCO1. The first kappa shape index (κ1) is 15.7. The Morgan fingerprint density at radius 2 is 2.00 bits per heavy atom. The summed E-state index contributed by atoms with van der Waals surface area (Å²) in [5.74, 6) is 0. The number of alkyl halides is 3. The van der Waals surface area contributed by atoms with Crippen LogP contribution in [0.25, 0.3) is 0 Å². The van der Waals surface area contributed by atoms with Crippen LogP contribution in [0.5, 0.6) is 0 Å². The quantitative estimate of drug-likeness (QED) is 0.851. The molecule has 1 aromatic rings. The number of thioether (sulfide) groups is 1. The van der Waals surface area contributed by atoms with Crippen LogP contribution in [-0.2, 0) is 11.3 Å². The fraction of sp³-hybridized carbons (Fsp3) is 0.571. The highest BCUT2D eigenvalue weighted by atomic mass is 32.2. The molecule has 0 aliphatic carbocycles. The second-order valence-corrected chi connectivity index (χ2v) is 6.11. The largest absolute Gasteiger partial charge is 0.446 e. The van der Waals surface area contributed by atoms with E-state index in [1.807, 2.05) is 0 Å². The number of benzene rings is 1. The molecule has 0 amide bonds. The Kier molecular flexibility index (Phi) is 5.35. The molecule has 1 aromatic carbocycles. The van der Waals surface area contributed by atoms with Gasteiger partial charge < -0.3 is 10.1 Å². The van der Waals surface area contributed by atoms with Crippen molar-refractivity contribution in [1.29, 1.82) is 0 Å². The zero-order valence-electron chi connectivity index (χ0n) is 11.2. The zero-order chi connectivity index (χ0) is 14.6. The molecule has 112 valence electrons. The molecule has 0 saturated carbocycles. The van der Waals surface area contributed by atoms with Crippen LogP contribution in [0.4, 0.5) is 13.2 Å². The molecule has 1 aliphatic heterocycles. The van der Waals surface area contributed by atoms with Gasteiger partial charge in [0.2, 0.25) is 0 Å². The topological polar surface area (TPSA) is 21.3 Å². The summed E-state index contributed by atoms with van der Waals surface area (Å²) >= 11 is -0.0810. The molecule has 6 heteroatoms. The lowest BCUT2D eigenvalue weighted by atomic mass is 10.0. The molecule has 0 bridgehead atoms. The van der Waals surface area contributed by atoms with Crippen LogP contribution in [-0.4, -0.2) is 24.3 Å². The maximum Gasteiger partial charge on any atom is 0.446 e. The van der Waals surface area contributed by atoms with Crippen LogP contribution in [0.3, 0.4) is 0 Å². The molecule has 2 nitrogen and oxygen atoms in total. The molecule has 2 unspecified atom stereocenters. The third-order valence-electron chi connectivity index (χ3n) is 3.24. The Hall–Kier alpha value is -0.720. The normalized spacial score (nSPS) is 23.8. The minimum Gasteiger partial charge on any atom is -0.378 e. The molecule has 1 fully saturated rings. The molecule has 1 N–H and O–H groups in total. The summed E-state index contributed by atoms with van der Waals surface area (Å²) in [5.41, 5.74) is -3.23. The summed E-state index contributed by atoms with van der Waals surface area (Å²) in [4.78, 5) is 0.223. The van der Waals surface area contributed by atoms with Gasteiger partial charge in [0, 0.05) is 24.1 Å². The second-order valence-electron chi connectivity index (χ2n) is 4.98. The summed E-state index contributed by atoms with van der Waals surface area (Å²) in [6, 6.07) is 6.93. The van der Waals surface area contributed by atoms with Gasteiger partial charge in [0.1, 0.15) is 0 Å². The summed E-state index contributed by atoms with van der Waals surface area (Å²) < 4.78 is 42.1. The number of nitrogens with one attached hydrogen (secondary N) is 1. The lowest BCUT2D eigenvalue weighted by molar-refractivity contribution is -0.0328. The van der Waals surface area contributed by atoms with Gasteiger partial charge in [0.05, 0.1) is 6.10 Å². The maximum atomic E-state index is 12.2. The minimum atomic E-state index is -4.22. The summed E-state index contributed by atoms with van der Waals surface area (Å²) in [6.07, 6.45) is 2.22. The van der Waals surface area contributed by atoms with Gasteiger partial charge >= 0.3 is 5.51 Å². The molecule has 1 aliphatic rings. The van der Waals surface area contributed by atoms with Crippen LogP contribution >= 0.6 is 11.8 Å². The van der Waals surface area contributed by atoms with Crippen molar-refractivity contribution < 1.29 is 17.9 Å². The Bertz CT molecular complexity index is 421. The van der Waals surface area contributed by atoms with Crippen molar-refractivity contribution in [3.63, 3.8) is 0 Å². The van der Waals surface area contributed by atoms with Crippen molar-refractivity contribution in [2.75, 3.05) is 6.61 Å². The summed E-state index contributed by atoms with van der Waals surface area (Å²) in [7, 11) is 0. The van der Waals surface area contributed by atoms with Crippen LogP contribution < -0.4 is 5.32 Å². The van der Waals surface area contributed by atoms with Gasteiger partial charge in [0.15, 0.2) is 0 Å². The predicted octanol–water partition coefficient (Wildman–Crippen LogP) is 3.96. The van der Waals surface area contributed by atoms with E-state index in [1.54, 1.807) is 12.1 Å². The van der Waals surface area contributed by atoms with Crippen LogP contribution in [0, 0.1) is 0 Å². The Morgan fingerprint density at radius 1 is 1.30 bits per heavy atom. The fourth-order valence-electron chi connectivity index (χ4n) is 2.25. The molecule has 2 atom stereocenters. The molecule has 2 rings (SSSR count). The monoisotopic (exact) mass is 305 g/mol. The Labute approximate surface area is 121 Å². The number of hydrogen-bond donors (Lipinski definition) is 1. The second kappa shape index (κ2) is 6.83. The first-order valence-corrected chi connectivity index (χ1v) is 7.44. The van der Waals surface area contributed by atoms with E-state index in [2.05, 4.69) is 12.2 Å². The van der Waals surface area contributed by atoms with Crippen LogP contribution in [0.2, 0.25) is 0 Å². The minimum absolute atomic E-state index is 0.0810. The molecule has 1 heterocycles. The maximum absolute atomic E-state index is 12.2. The highest BCUT2D eigenvalue weighted by Crippen LogP contribution is 2.36. The third kappa shape index (κ3) is 5.34. The van der Waals surface area contributed by atoms with Crippen molar-refractivity contribution in [3.8, 4) is 0 Å². The lowest BCUT2D eigenvalue weighted by Gasteiger charge is -2.28. The van der Waals surface area contributed by atoms with E-state index in [1.165, 1.54) is 12.1 Å². The van der Waals surface area contributed by atoms with Gasteiger partial charge in [-0.05, 0) is 49.2 Å². The average Bonchev–Trinajstić information content (AvgIpc) is 2.36. The molecule has 0 aromatic heterocycles. The smallest absolute Gasteiger partial charge is 0.378 e.